The number of rotatable bonds is 1. The van der Waals surface area contributed by atoms with Crippen LogP contribution in [-0.2, 0) is 9.47 Å². The van der Waals surface area contributed by atoms with Crippen LogP contribution in [-0.4, -0.2) is 30.8 Å². The highest BCUT2D eigenvalue weighted by Gasteiger charge is 2.18. The molecule has 6 nitrogen and oxygen atoms in total. The maximum atomic E-state index is 10.6. The minimum absolute atomic E-state index is 0.528. The molecule has 0 saturated heterocycles. The summed E-state index contributed by atoms with van der Waals surface area (Å²) in [5.74, 6) is 0. The third kappa shape index (κ3) is 18.4. The minimum atomic E-state index is -2.34. The van der Waals surface area contributed by atoms with Crippen molar-refractivity contribution in [3.05, 3.63) is 0 Å². The van der Waals surface area contributed by atoms with Crippen molar-refractivity contribution in [3.63, 3.8) is 0 Å². The third-order valence-electron chi connectivity index (χ3n) is 0.752. The summed E-state index contributed by atoms with van der Waals surface area (Å²) in [5, 5.41) is 0. The molecule has 0 heterocycles. The highest BCUT2D eigenvalue weighted by molar-refractivity contribution is 5.79. The fourth-order valence-electron chi connectivity index (χ4n) is 0.353. The van der Waals surface area contributed by atoms with E-state index in [9.17, 15) is 18.4 Å². The molecular weight excluding hydrogens is 226 g/mol. The van der Waals surface area contributed by atoms with Gasteiger partial charge in [0.15, 0.2) is 0 Å². The Morgan fingerprint density at radius 2 is 1.69 bits per heavy atom. The number of hydrogen-bond acceptors (Lipinski definition) is 5. The van der Waals surface area contributed by atoms with Gasteiger partial charge in [-0.1, -0.05) is 0 Å². The van der Waals surface area contributed by atoms with E-state index in [1.807, 2.05) is 0 Å². The SMILES string of the molecule is CC(C)(C)OC(=O)OC(N)=O.NCC(F)F. The lowest BCUT2D eigenvalue weighted by molar-refractivity contribution is 0.0105. The van der Waals surface area contributed by atoms with Gasteiger partial charge in [0, 0.05) is 0 Å². The van der Waals surface area contributed by atoms with Gasteiger partial charge in [-0.2, -0.15) is 0 Å². The summed E-state index contributed by atoms with van der Waals surface area (Å²) < 4.78 is 29.8. The monoisotopic (exact) mass is 242 g/mol. The third-order valence-corrected chi connectivity index (χ3v) is 0.752. The second-order valence-corrected chi connectivity index (χ2v) is 3.51. The second kappa shape index (κ2) is 7.80. The smallest absolute Gasteiger partial charge is 0.428 e. The number of nitrogens with two attached hydrogens (primary N) is 2. The fourth-order valence-corrected chi connectivity index (χ4v) is 0.353. The number of alkyl halides is 2. The Kier molecular flexibility index (Phi) is 8.27. The largest absolute Gasteiger partial charge is 0.517 e. The number of primary amides is 1. The zero-order valence-electron chi connectivity index (χ0n) is 9.33. The van der Waals surface area contributed by atoms with Crippen LogP contribution in [0.4, 0.5) is 18.4 Å². The summed E-state index contributed by atoms with van der Waals surface area (Å²) in [5.41, 5.74) is 8.30. The van der Waals surface area contributed by atoms with Crippen molar-refractivity contribution in [2.75, 3.05) is 6.54 Å². The molecule has 0 aliphatic carbocycles. The van der Waals surface area contributed by atoms with Crippen LogP contribution in [0, 0.1) is 0 Å². The molecule has 0 radical (unpaired) electrons. The van der Waals surface area contributed by atoms with E-state index in [0.717, 1.165) is 0 Å². The van der Waals surface area contributed by atoms with Crippen LogP contribution in [0.25, 0.3) is 0 Å². The number of ether oxygens (including phenoxy) is 2. The predicted molar refractivity (Wildman–Crippen MR) is 52.0 cm³/mol. The van der Waals surface area contributed by atoms with Crippen LogP contribution in [0.2, 0.25) is 0 Å². The molecule has 0 rings (SSSR count). The molecule has 96 valence electrons. The van der Waals surface area contributed by atoms with E-state index in [1.165, 1.54) is 0 Å². The van der Waals surface area contributed by atoms with E-state index in [0.29, 0.717) is 0 Å². The van der Waals surface area contributed by atoms with E-state index < -0.39 is 30.8 Å². The first-order chi connectivity index (χ1) is 7.08. The van der Waals surface area contributed by atoms with Gasteiger partial charge in [0.25, 0.3) is 6.43 Å². The summed E-state index contributed by atoms with van der Waals surface area (Å²) in [4.78, 5) is 20.5. The van der Waals surface area contributed by atoms with Crippen molar-refractivity contribution >= 4 is 12.2 Å². The van der Waals surface area contributed by atoms with E-state index in [1.54, 1.807) is 20.8 Å². The number of carbonyl (C=O) groups is 2. The lowest BCUT2D eigenvalue weighted by Gasteiger charge is -2.17. The molecule has 16 heavy (non-hydrogen) atoms. The van der Waals surface area contributed by atoms with Gasteiger partial charge in [-0.15, -0.1) is 0 Å². The molecule has 8 heteroatoms. The minimum Gasteiger partial charge on any atom is -0.428 e. The normalized spacial score (nSPS) is 10.2. The fraction of sp³-hybridized carbons (Fsp3) is 0.750. The van der Waals surface area contributed by atoms with Crippen molar-refractivity contribution in [1.29, 1.82) is 0 Å². The van der Waals surface area contributed by atoms with Crippen molar-refractivity contribution < 1.29 is 27.8 Å². The van der Waals surface area contributed by atoms with Crippen molar-refractivity contribution in [3.8, 4) is 0 Å². The molecule has 0 fully saturated rings. The first-order valence-electron chi connectivity index (χ1n) is 4.27. The molecule has 0 aliphatic rings. The summed E-state index contributed by atoms with van der Waals surface area (Å²) in [7, 11) is 0. The Morgan fingerprint density at radius 3 is 1.88 bits per heavy atom. The van der Waals surface area contributed by atoms with Gasteiger partial charge < -0.3 is 20.9 Å². The zero-order chi connectivity index (χ0) is 13.4. The van der Waals surface area contributed by atoms with Crippen LogP contribution in [0.5, 0.6) is 0 Å². The molecule has 0 atom stereocenters. The molecular formula is C8H16F2N2O4. The van der Waals surface area contributed by atoms with Crippen LogP contribution in [0.15, 0.2) is 0 Å². The molecule has 0 saturated carbocycles. The van der Waals surface area contributed by atoms with Crippen LogP contribution < -0.4 is 11.5 Å². The molecule has 0 aromatic rings. The van der Waals surface area contributed by atoms with Crippen LogP contribution in [0.3, 0.4) is 0 Å². The molecule has 4 N–H and O–H groups in total. The molecule has 0 aromatic carbocycles. The average molecular weight is 242 g/mol. The van der Waals surface area contributed by atoms with Gasteiger partial charge in [-0.3, -0.25) is 0 Å². The Labute approximate surface area is 91.9 Å². The molecule has 0 aromatic heterocycles. The lowest BCUT2D eigenvalue weighted by atomic mass is 10.2. The topological polar surface area (TPSA) is 105 Å². The van der Waals surface area contributed by atoms with Gasteiger partial charge >= 0.3 is 12.2 Å². The molecule has 0 bridgehead atoms. The number of hydrogen-bond donors (Lipinski definition) is 2. The second-order valence-electron chi connectivity index (χ2n) is 3.51. The number of amides is 1. The van der Waals surface area contributed by atoms with E-state index in [4.69, 9.17) is 0 Å². The quantitative estimate of drug-likeness (QED) is 0.531. The van der Waals surface area contributed by atoms with Gasteiger partial charge in [0.2, 0.25) is 0 Å². The summed E-state index contributed by atoms with van der Waals surface area (Å²) in [6.07, 6.45) is -4.58. The maximum absolute atomic E-state index is 10.6. The number of carbonyl (C=O) groups excluding carboxylic acids is 2. The zero-order valence-corrected chi connectivity index (χ0v) is 9.33. The highest BCUT2D eigenvalue weighted by Crippen LogP contribution is 2.07. The Bertz CT molecular complexity index is 229. The van der Waals surface area contributed by atoms with Gasteiger partial charge in [0.1, 0.15) is 5.60 Å². The van der Waals surface area contributed by atoms with E-state index in [-0.39, 0.29) is 0 Å². The van der Waals surface area contributed by atoms with Gasteiger partial charge in [-0.05, 0) is 20.8 Å². The Balaban J connectivity index is 0. The van der Waals surface area contributed by atoms with Crippen molar-refractivity contribution in [2.45, 2.75) is 32.8 Å². The lowest BCUT2D eigenvalue weighted by Crippen LogP contribution is -2.27. The van der Waals surface area contributed by atoms with Crippen LogP contribution in [0.1, 0.15) is 20.8 Å². The van der Waals surface area contributed by atoms with Crippen molar-refractivity contribution in [2.24, 2.45) is 11.5 Å². The number of halogens is 2. The summed E-state index contributed by atoms with van der Waals surface area (Å²) in [6.45, 7) is 4.42. The Hall–Kier alpha value is -1.44. The first kappa shape index (κ1) is 17.0. The van der Waals surface area contributed by atoms with E-state index in [2.05, 4.69) is 20.9 Å². The predicted octanol–water partition coefficient (Wildman–Crippen LogP) is 1.23. The highest BCUT2D eigenvalue weighted by atomic mass is 19.3. The van der Waals surface area contributed by atoms with Gasteiger partial charge in [-0.25, -0.2) is 18.4 Å². The Morgan fingerprint density at radius 1 is 1.31 bits per heavy atom. The van der Waals surface area contributed by atoms with Crippen molar-refractivity contribution in [1.82, 2.24) is 0 Å². The summed E-state index contributed by atoms with van der Waals surface area (Å²) in [6, 6.07) is 0. The van der Waals surface area contributed by atoms with Crippen LogP contribution >= 0.6 is 0 Å². The van der Waals surface area contributed by atoms with Gasteiger partial charge in [0.05, 0.1) is 6.54 Å². The first-order valence-corrected chi connectivity index (χ1v) is 4.27. The average Bonchev–Trinajstić information content (AvgIpc) is 1.99. The standard InChI is InChI=1S/C6H11NO4.C2H5F2N/c1-6(2,3)11-5(9)10-4(7)8;3-2(4)1-5/h1-3H3,(H2,7,8);2H,1,5H2. The summed E-state index contributed by atoms with van der Waals surface area (Å²) >= 11 is 0. The van der Waals surface area contributed by atoms with E-state index >= 15 is 0 Å². The maximum Gasteiger partial charge on any atom is 0.517 e. The molecule has 0 aliphatic heterocycles. The molecule has 0 unspecified atom stereocenters. The molecule has 0 spiro atoms. The molecule has 1 amide bonds.